The third kappa shape index (κ3) is 3.43. The van der Waals surface area contributed by atoms with E-state index in [0.717, 1.165) is 53.9 Å². The molecule has 1 aromatic carbocycles. The molecular weight excluding hydrogens is 388 g/mol. The molecule has 2 aliphatic carbocycles. The van der Waals surface area contributed by atoms with Crippen molar-refractivity contribution in [1.82, 2.24) is 5.32 Å². The van der Waals surface area contributed by atoms with E-state index in [9.17, 15) is 4.79 Å². The quantitative estimate of drug-likeness (QED) is 0.629. The predicted octanol–water partition coefficient (Wildman–Crippen LogP) is 3.97. The predicted molar refractivity (Wildman–Crippen MR) is 126 cm³/mol. The van der Waals surface area contributed by atoms with Gasteiger partial charge < -0.3 is 25.6 Å². The van der Waals surface area contributed by atoms with Gasteiger partial charge in [0.1, 0.15) is 0 Å². The number of allylic oxidation sites excluding steroid dienone is 4. The summed E-state index contributed by atoms with van der Waals surface area (Å²) in [6.07, 6.45) is 13.2. The molecule has 1 aromatic rings. The fourth-order valence-corrected chi connectivity index (χ4v) is 5.29. The third-order valence-corrected chi connectivity index (χ3v) is 7.04. The van der Waals surface area contributed by atoms with Gasteiger partial charge in [-0.25, -0.2) is 0 Å². The van der Waals surface area contributed by atoms with Gasteiger partial charge in [-0.3, -0.25) is 4.79 Å². The zero-order valence-electron chi connectivity index (χ0n) is 18.7. The number of hydrogen-bond acceptors (Lipinski definition) is 5. The average Bonchev–Trinajstić information content (AvgIpc) is 3.27. The van der Waals surface area contributed by atoms with E-state index >= 15 is 0 Å². The van der Waals surface area contributed by atoms with Crippen molar-refractivity contribution in [1.29, 1.82) is 0 Å². The van der Waals surface area contributed by atoms with Gasteiger partial charge in [0.25, 0.3) is 5.91 Å². The maximum atomic E-state index is 13.1. The Kier molecular flexibility index (Phi) is 5.05. The Balaban J connectivity index is 1.50. The van der Waals surface area contributed by atoms with Crippen LogP contribution in [-0.4, -0.2) is 44.4 Å². The second kappa shape index (κ2) is 7.75. The summed E-state index contributed by atoms with van der Waals surface area (Å²) >= 11 is 0. The summed E-state index contributed by atoms with van der Waals surface area (Å²) in [5.74, 6) is -0.0187. The Morgan fingerprint density at radius 1 is 1.35 bits per heavy atom. The van der Waals surface area contributed by atoms with Crippen molar-refractivity contribution in [2.45, 2.75) is 51.2 Å². The first-order valence-corrected chi connectivity index (χ1v) is 11.4. The third-order valence-electron chi connectivity index (χ3n) is 7.04. The highest BCUT2D eigenvalue weighted by Crippen LogP contribution is 2.51. The molecule has 2 unspecified atom stereocenters. The highest BCUT2D eigenvalue weighted by molar-refractivity contribution is 6.03. The molecule has 6 nitrogen and oxygen atoms in total. The number of rotatable bonds is 5. The number of benzene rings is 1. The number of carbonyl (C=O) groups excluding carboxylic acids is 1. The number of nitrogens with one attached hydrogen (secondary N) is 3. The minimum Gasteiger partial charge on any atom is -0.380 e. The van der Waals surface area contributed by atoms with Gasteiger partial charge in [0, 0.05) is 25.8 Å². The standard InChI is InChI=1S/C25H32N4O2/c1-4-31-12-11-26-24(30)20-13-21-23(27-16(2)29(21)3)22-19(20)9-10-25(28-22)14-17-7-5-6-8-18(17)15-25/h5-7,13,15-16,27-28H,4,8-12,14H2,1-3H3,(H,26,30). The molecule has 3 N–H and O–H groups in total. The van der Waals surface area contributed by atoms with E-state index in [1.54, 1.807) is 0 Å². The fourth-order valence-electron chi connectivity index (χ4n) is 5.29. The molecular formula is C25H32N4O2. The van der Waals surface area contributed by atoms with Crippen LogP contribution in [0.4, 0.5) is 17.1 Å². The van der Waals surface area contributed by atoms with Crippen LogP contribution in [0.15, 0.2) is 41.5 Å². The first-order chi connectivity index (χ1) is 15.0. The molecule has 5 rings (SSSR count). The Morgan fingerprint density at radius 2 is 2.23 bits per heavy atom. The van der Waals surface area contributed by atoms with Crippen molar-refractivity contribution in [3.63, 3.8) is 0 Å². The first-order valence-electron chi connectivity index (χ1n) is 11.4. The van der Waals surface area contributed by atoms with Gasteiger partial charge in [-0.1, -0.05) is 24.3 Å². The molecule has 1 spiro atoms. The molecule has 0 aromatic heterocycles. The van der Waals surface area contributed by atoms with Gasteiger partial charge in [0.15, 0.2) is 0 Å². The van der Waals surface area contributed by atoms with Gasteiger partial charge >= 0.3 is 0 Å². The van der Waals surface area contributed by atoms with Crippen LogP contribution in [0.1, 0.15) is 49.0 Å². The van der Waals surface area contributed by atoms with Crippen LogP contribution < -0.4 is 20.9 Å². The molecule has 2 heterocycles. The largest absolute Gasteiger partial charge is 0.380 e. The zero-order valence-corrected chi connectivity index (χ0v) is 18.7. The molecule has 1 amide bonds. The molecule has 0 bridgehead atoms. The van der Waals surface area contributed by atoms with Gasteiger partial charge in [0.2, 0.25) is 0 Å². The molecule has 0 saturated heterocycles. The van der Waals surface area contributed by atoms with E-state index in [2.05, 4.69) is 65.2 Å². The van der Waals surface area contributed by atoms with E-state index < -0.39 is 0 Å². The molecule has 0 radical (unpaired) electrons. The molecule has 0 fully saturated rings. The molecule has 2 atom stereocenters. The number of amides is 1. The summed E-state index contributed by atoms with van der Waals surface area (Å²) in [6.45, 7) is 5.83. The molecule has 0 saturated carbocycles. The van der Waals surface area contributed by atoms with Gasteiger partial charge in [-0.2, -0.15) is 0 Å². The SMILES string of the molecule is CCOCCNC(=O)c1cc2c(c3c1CCC1(C=C4CC=CC=C4C1)N3)NC(C)N2C. The van der Waals surface area contributed by atoms with Crippen molar-refractivity contribution >= 4 is 23.0 Å². The number of hydrogen-bond donors (Lipinski definition) is 3. The van der Waals surface area contributed by atoms with Crippen LogP contribution in [0.5, 0.6) is 0 Å². The summed E-state index contributed by atoms with van der Waals surface area (Å²) in [5.41, 5.74) is 8.01. The van der Waals surface area contributed by atoms with E-state index in [4.69, 9.17) is 4.74 Å². The Labute approximate surface area is 184 Å². The molecule has 2 aliphatic heterocycles. The number of nitrogens with zero attached hydrogens (tertiary/aromatic N) is 1. The number of anilines is 3. The van der Waals surface area contributed by atoms with Crippen molar-refractivity contribution in [3.05, 3.63) is 52.6 Å². The molecule has 6 heteroatoms. The maximum absolute atomic E-state index is 13.1. The van der Waals surface area contributed by atoms with E-state index in [1.807, 2.05) is 6.92 Å². The molecule has 31 heavy (non-hydrogen) atoms. The molecule has 4 aliphatic rings. The lowest BCUT2D eigenvalue weighted by atomic mass is 9.82. The number of ether oxygens (including phenoxy) is 1. The Hall–Kier alpha value is -2.73. The van der Waals surface area contributed by atoms with Gasteiger partial charge in [-0.15, -0.1) is 0 Å². The monoisotopic (exact) mass is 420 g/mol. The van der Waals surface area contributed by atoms with Crippen molar-refractivity contribution in [2.75, 3.05) is 42.3 Å². The minimum atomic E-state index is -0.0654. The minimum absolute atomic E-state index is 0.0187. The highest BCUT2D eigenvalue weighted by atomic mass is 16.5. The van der Waals surface area contributed by atoms with Crippen molar-refractivity contribution in [2.24, 2.45) is 0 Å². The van der Waals surface area contributed by atoms with E-state index in [0.29, 0.717) is 19.8 Å². The van der Waals surface area contributed by atoms with Crippen LogP contribution in [0.3, 0.4) is 0 Å². The lowest BCUT2D eigenvalue weighted by molar-refractivity contribution is 0.0921. The maximum Gasteiger partial charge on any atom is 0.251 e. The Bertz CT molecular complexity index is 1010. The molecule has 164 valence electrons. The summed E-state index contributed by atoms with van der Waals surface area (Å²) in [4.78, 5) is 15.3. The van der Waals surface area contributed by atoms with Crippen LogP contribution >= 0.6 is 0 Å². The van der Waals surface area contributed by atoms with Crippen LogP contribution in [-0.2, 0) is 11.2 Å². The summed E-state index contributed by atoms with van der Waals surface area (Å²) in [5, 5.41) is 10.6. The zero-order chi connectivity index (χ0) is 21.6. The van der Waals surface area contributed by atoms with E-state index in [1.165, 1.54) is 11.1 Å². The second-order valence-electron chi connectivity index (χ2n) is 9.01. The number of fused-ring (bicyclic) bond motifs is 4. The summed E-state index contributed by atoms with van der Waals surface area (Å²) in [7, 11) is 2.08. The van der Waals surface area contributed by atoms with Gasteiger partial charge in [-0.05, 0) is 62.3 Å². The summed E-state index contributed by atoms with van der Waals surface area (Å²) < 4.78 is 5.39. The van der Waals surface area contributed by atoms with E-state index in [-0.39, 0.29) is 17.6 Å². The second-order valence-corrected chi connectivity index (χ2v) is 9.01. The lowest BCUT2D eigenvalue weighted by Gasteiger charge is -2.37. The highest BCUT2D eigenvalue weighted by Gasteiger charge is 2.42. The van der Waals surface area contributed by atoms with Crippen molar-refractivity contribution < 1.29 is 9.53 Å². The average molecular weight is 421 g/mol. The van der Waals surface area contributed by atoms with Gasteiger partial charge in [0.05, 0.1) is 35.4 Å². The van der Waals surface area contributed by atoms with Crippen LogP contribution in [0.2, 0.25) is 0 Å². The smallest absolute Gasteiger partial charge is 0.251 e. The Morgan fingerprint density at radius 3 is 3.03 bits per heavy atom. The topological polar surface area (TPSA) is 65.6 Å². The first kappa shape index (κ1) is 20.2. The van der Waals surface area contributed by atoms with Crippen LogP contribution in [0.25, 0.3) is 0 Å². The summed E-state index contributed by atoms with van der Waals surface area (Å²) in [6, 6.07) is 2.06. The van der Waals surface area contributed by atoms with Crippen molar-refractivity contribution in [3.8, 4) is 0 Å². The normalized spacial score (nSPS) is 25.3. The van der Waals surface area contributed by atoms with Crippen LogP contribution in [0, 0.1) is 0 Å². The number of carbonyl (C=O) groups is 1. The lowest BCUT2D eigenvalue weighted by Crippen LogP contribution is -2.39. The fraction of sp³-hybridized carbons (Fsp3) is 0.480.